The van der Waals surface area contributed by atoms with Gasteiger partial charge >= 0.3 is 6.09 Å². The monoisotopic (exact) mass is 307 g/mol. The zero-order valence-electron chi connectivity index (χ0n) is 13.9. The maximum absolute atomic E-state index is 11.8. The van der Waals surface area contributed by atoms with Crippen LogP contribution < -0.4 is 10.1 Å². The van der Waals surface area contributed by atoms with E-state index in [1.807, 2.05) is 39.0 Å². The molecule has 1 aliphatic heterocycles. The summed E-state index contributed by atoms with van der Waals surface area (Å²) in [4.78, 5) is 17.9. The van der Waals surface area contributed by atoms with Gasteiger partial charge in [0.1, 0.15) is 17.5 Å². The Balaban J connectivity index is 1.81. The van der Waals surface area contributed by atoms with Gasteiger partial charge in [-0.2, -0.15) is 4.98 Å². The molecule has 2 rings (SSSR count). The molecule has 1 fully saturated rings. The van der Waals surface area contributed by atoms with E-state index in [1.165, 1.54) is 0 Å². The maximum Gasteiger partial charge on any atom is 0.410 e. The molecule has 1 aromatic rings. The Morgan fingerprint density at radius 3 is 2.64 bits per heavy atom. The van der Waals surface area contributed by atoms with Crippen molar-refractivity contribution >= 4 is 11.9 Å². The SMILES string of the molecule is CC(C)Nc1cccc(OC2CN(C(=O)OC(C)(C)C)C2)n1. The summed E-state index contributed by atoms with van der Waals surface area (Å²) in [7, 11) is 0. The topological polar surface area (TPSA) is 63.7 Å². The number of amides is 1. The molecule has 122 valence electrons. The number of likely N-dealkylation sites (tertiary alicyclic amines) is 1. The zero-order chi connectivity index (χ0) is 16.3. The van der Waals surface area contributed by atoms with Gasteiger partial charge in [0.05, 0.1) is 13.1 Å². The lowest BCUT2D eigenvalue weighted by Crippen LogP contribution is -2.57. The van der Waals surface area contributed by atoms with E-state index in [4.69, 9.17) is 9.47 Å². The van der Waals surface area contributed by atoms with E-state index in [-0.39, 0.29) is 12.2 Å². The minimum atomic E-state index is -0.471. The Labute approximate surface area is 131 Å². The van der Waals surface area contributed by atoms with E-state index in [0.29, 0.717) is 25.0 Å². The lowest BCUT2D eigenvalue weighted by Gasteiger charge is -2.39. The molecule has 1 aliphatic rings. The minimum absolute atomic E-state index is 0.0330. The zero-order valence-corrected chi connectivity index (χ0v) is 13.9. The Morgan fingerprint density at radius 1 is 1.36 bits per heavy atom. The molecule has 22 heavy (non-hydrogen) atoms. The van der Waals surface area contributed by atoms with E-state index in [0.717, 1.165) is 5.82 Å². The number of anilines is 1. The first-order valence-corrected chi connectivity index (χ1v) is 7.61. The van der Waals surface area contributed by atoms with Gasteiger partial charge in [-0.25, -0.2) is 4.79 Å². The third-order valence-corrected chi connectivity index (χ3v) is 2.95. The van der Waals surface area contributed by atoms with Crippen molar-refractivity contribution in [2.24, 2.45) is 0 Å². The number of nitrogens with zero attached hydrogens (tertiary/aromatic N) is 2. The molecule has 6 heteroatoms. The Hall–Kier alpha value is -1.98. The largest absolute Gasteiger partial charge is 0.471 e. The fourth-order valence-corrected chi connectivity index (χ4v) is 2.02. The fourth-order valence-electron chi connectivity index (χ4n) is 2.02. The van der Waals surface area contributed by atoms with E-state index in [2.05, 4.69) is 24.1 Å². The normalized spacial score (nSPS) is 15.5. The molecule has 0 atom stereocenters. The number of hydrogen-bond donors (Lipinski definition) is 1. The number of carbonyl (C=O) groups is 1. The summed E-state index contributed by atoms with van der Waals surface area (Å²) in [5.74, 6) is 1.36. The Bertz CT molecular complexity index is 520. The maximum atomic E-state index is 11.8. The van der Waals surface area contributed by atoms with Crippen molar-refractivity contribution < 1.29 is 14.3 Å². The molecule has 0 bridgehead atoms. The average Bonchev–Trinajstić information content (AvgIpc) is 2.30. The number of rotatable bonds is 4. The van der Waals surface area contributed by atoms with Gasteiger partial charge in [0.15, 0.2) is 0 Å². The molecule has 0 radical (unpaired) electrons. The van der Waals surface area contributed by atoms with Crippen LogP contribution in [0.5, 0.6) is 5.88 Å². The van der Waals surface area contributed by atoms with Crippen LogP contribution in [0.1, 0.15) is 34.6 Å². The predicted octanol–water partition coefficient (Wildman–Crippen LogP) is 2.90. The highest BCUT2D eigenvalue weighted by atomic mass is 16.6. The molecular formula is C16H25N3O3. The van der Waals surface area contributed by atoms with E-state index >= 15 is 0 Å². The molecule has 0 spiro atoms. The highest BCUT2D eigenvalue weighted by Crippen LogP contribution is 2.20. The van der Waals surface area contributed by atoms with Gasteiger partial charge in [-0.3, -0.25) is 0 Å². The lowest BCUT2D eigenvalue weighted by atomic mass is 10.2. The molecule has 2 heterocycles. The van der Waals surface area contributed by atoms with E-state index in [9.17, 15) is 4.79 Å². The van der Waals surface area contributed by atoms with Crippen molar-refractivity contribution in [1.29, 1.82) is 0 Å². The summed E-state index contributed by atoms with van der Waals surface area (Å²) in [6.45, 7) is 10.7. The summed E-state index contributed by atoms with van der Waals surface area (Å²) in [6.07, 6.45) is -0.329. The molecular weight excluding hydrogens is 282 g/mol. The van der Waals surface area contributed by atoms with Crippen LogP contribution in [0.3, 0.4) is 0 Å². The average molecular weight is 307 g/mol. The van der Waals surface area contributed by atoms with Crippen LogP contribution in [-0.4, -0.2) is 46.8 Å². The van der Waals surface area contributed by atoms with Crippen LogP contribution in [0.4, 0.5) is 10.6 Å². The highest BCUT2D eigenvalue weighted by Gasteiger charge is 2.35. The van der Waals surface area contributed by atoms with Crippen molar-refractivity contribution in [3.05, 3.63) is 18.2 Å². The van der Waals surface area contributed by atoms with Crippen LogP contribution in [0.15, 0.2) is 18.2 Å². The number of carbonyl (C=O) groups excluding carboxylic acids is 1. The standard InChI is InChI=1S/C16H25N3O3/c1-11(2)17-13-7-6-8-14(18-13)21-12-9-19(10-12)15(20)22-16(3,4)5/h6-8,11-12H,9-10H2,1-5H3,(H,17,18). The predicted molar refractivity (Wildman–Crippen MR) is 85.2 cm³/mol. The molecule has 6 nitrogen and oxygen atoms in total. The van der Waals surface area contributed by atoms with Crippen LogP contribution in [0.2, 0.25) is 0 Å². The second-order valence-electron chi connectivity index (χ2n) is 6.79. The van der Waals surface area contributed by atoms with Crippen molar-refractivity contribution in [3.63, 3.8) is 0 Å². The molecule has 1 saturated heterocycles. The second-order valence-corrected chi connectivity index (χ2v) is 6.79. The molecule has 0 unspecified atom stereocenters. The van der Waals surface area contributed by atoms with E-state index in [1.54, 1.807) is 4.90 Å². The summed E-state index contributed by atoms with van der Waals surface area (Å²) in [5, 5.41) is 3.23. The smallest absolute Gasteiger partial charge is 0.410 e. The van der Waals surface area contributed by atoms with E-state index < -0.39 is 5.60 Å². The number of aromatic nitrogens is 1. The summed E-state index contributed by atoms with van der Waals surface area (Å²) in [6, 6.07) is 5.94. The van der Waals surface area contributed by atoms with Crippen molar-refractivity contribution in [1.82, 2.24) is 9.88 Å². The quantitative estimate of drug-likeness (QED) is 0.926. The first-order chi connectivity index (χ1) is 10.2. The van der Waals surface area contributed by atoms with Crippen molar-refractivity contribution in [2.75, 3.05) is 18.4 Å². The summed E-state index contributed by atoms with van der Waals surface area (Å²) < 4.78 is 11.1. The highest BCUT2D eigenvalue weighted by molar-refractivity contribution is 5.69. The first-order valence-electron chi connectivity index (χ1n) is 7.61. The van der Waals surface area contributed by atoms with Crippen molar-refractivity contribution in [3.8, 4) is 5.88 Å². The summed E-state index contributed by atoms with van der Waals surface area (Å²) >= 11 is 0. The van der Waals surface area contributed by atoms with Gasteiger partial charge in [-0.15, -0.1) is 0 Å². The first kappa shape index (κ1) is 16.4. The second kappa shape index (κ2) is 6.42. The lowest BCUT2D eigenvalue weighted by molar-refractivity contribution is -0.0232. The number of ether oxygens (including phenoxy) is 2. The van der Waals surface area contributed by atoms with Gasteiger partial charge < -0.3 is 19.7 Å². The van der Waals surface area contributed by atoms with Crippen molar-refractivity contribution in [2.45, 2.75) is 52.4 Å². The van der Waals surface area contributed by atoms with Crippen LogP contribution in [-0.2, 0) is 4.74 Å². The molecule has 0 saturated carbocycles. The summed E-state index contributed by atoms with van der Waals surface area (Å²) in [5.41, 5.74) is -0.471. The van der Waals surface area contributed by atoms with Gasteiger partial charge in [-0.05, 0) is 40.7 Å². The number of pyridine rings is 1. The number of nitrogens with one attached hydrogen (secondary N) is 1. The third-order valence-electron chi connectivity index (χ3n) is 2.95. The van der Waals surface area contributed by atoms with Crippen LogP contribution in [0, 0.1) is 0 Å². The fraction of sp³-hybridized carbons (Fsp3) is 0.625. The Kier molecular flexibility index (Phi) is 4.78. The van der Waals surface area contributed by atoms with Gasteiger partial charge in [-0.1, -0.05) is 6.07 Å². The van der Waals surface area contributed by atoms with Crippen LogP contribution in [0.25, 0.3) is 0 Å². The molecule has 1 aromatic heterocycles. The minimum Gasteiger partial charge on any atom is -0.471 e. The molecule has 0 aliphatic carbocycles. The van der Waals surface area contributed by atoms with Gasteiger partial charge in [0.2, 0.25) is 5.88 Å². The Morgan fingerprint density at radius 2 is 2.05 bits per heavy atom. The third kappa shape index (κ3) is 4.79. The van der Waals surface area contributed by atoms with Gasteiger partial charge in [0, 0.05) is 12.1 Å². The molecule has 1 N–H and O–H groups in total. The van der Waals surface area contributed by atoms with Gasteiger partial charge in [0.25, 0.3) is 0 Å². The molecule has 1 amide bonds. The molecule has 0 aromatic carbocycles. The number of hydrogen-bond acceptors (Lipinski definition) is 5. The van der Waals surface area contributed by atoms with Crippen LogP contribution >= 0.6 is 0 Å².